The number of amides is 3. The molecule has 4 rings (SSSR count). The van der Waals surface area contributed by atoms with Gasteiger partial charge in [-0.2, -0.15) is 5.26 Å². The summed E-state index contributed by atoms with van der Waals surface area (Å²) in [6.07, 6.45) is 0.522. The molecule has 1 aliphatic rings. The van der Waals surface area contributed by atoms with Crippen molar-refractivity contribution >= 4 is 41.1 Å². The number of imide groups is 1. The number of ether oxygens (including phenoxy) is 1. The van der Waals surface area contributed by atoms with E-state index in [1.165, 1.54) is 34.9 Å². The number of anilines is 1. The van der Waals surface area contributed by atoms with Gasteiger partial charge in [-0.05, 0) is 42.3 Å². The van der Waals surface area contributed by atoms with Crippen LogP contribution in [0.15, 0.2) is 77.7 Å². The van der Waals surface area contributed by atoms with Crippen molar-refractivity contribution in [3.8, 4) is 6.07 Å². The molecule has 0 atom stereocenters. The van der Waals surface area contributed by atoms with Crippen LogP contribution < -0.4 is 5.32 Å². The molecular weight excluding hydrogens is 478 g/mol. The molecule has 1 heterocycles. The molecule has 0 aromatic heterocycles. The molecule has 3 amide bonds. The third-order valence-corrected chi connectivity index (χ3v) is 6.40. The lowest BCUT2D eigenvalue weighted by atomic mass is 10.1. The quantitative estimate of drug-likeness (QED) is 0.269. The van der Waals surface area contributed by atoms with Crippen LogP contribution in [0.5, 0.6) is 0 Å². The molecule has 9 heteroatoms. The number of carbonyl (C=O) groups excluding carboxylic acids is 4. The number of nitrogens with zero attached hydrogens (tertiary/aromatic N) is 2. The summed E-state index contributed by atoms with van der Waals surface area (Å²) in [6.45, 7) is -0.312. The molecule has 0 radical (unpaired) electrons. The Morgan fingerprint density at radius 1 is 0.944 bits per heavy atom. The first-order chi connectivity index (χ1) is 17.5. The number of thioether (sulfide) groups is 1. The van der Waals surface area contributed by atoms with Crippen LogP contribution in [-0.2, 0) is 16.0 Å². The highest BCUT2D eigenvalue weighted by Gasteiger charge is 2.35. The van der Waals surface area contributed by atoms with E-state index in [0.717, 1.165) is 10.5 Å². The van der Waals surface area contributed by atoms with Gasteiger partial charge in [0, 0.05) is 11.4 Å². The maximum atomic E-state index is 12.8. The molecule has 0 saturated carbocycles. The molecule has 0 bridgehead atoms. The maximum Gasteiger partial charge on any atom is 0.338 e. The Kier molecular flexibility index (Phi) is 7.78. The molecule has 3 aromatic carbocycles. The molecule has 0 spiro atoms. The van der Waals surface area contributed by atoms with Gasteiger partial charge in [0.15, 0.2) is 6.61 Å². The molecular formula is C27H21N3O5S. The molecule has 0 saturated heterocycles. The molecule has 1 N–H and O–H groups in total. The fourth-order valence-electron chi connectivity index (χ4n) is 3.71. The van der Waals surface area contributed by atoms with E-state index in [4.69, 9.17) is 10.00 Å². The van der Waals surface area contributed by atoms with Crippen LogP contribution in [0, 0.1) is 11.3 Å². The third kappa shape index (κ3) is 5.62. The molecule has 0 aliphatic carbocycles. The summed E-state index contributed by atoms with van der Waals surface area (Å²) in [6, 6.07) is 22.7. The lowest BCUT2D eigenvalue weighted by Crippen LogP contribution is -2.31. The summed E-state index contributed by atoms with van der Waals surface area (Å²) in [5.41, 5.74) is 1.95. The van der Waals surface area contributed by atoms with Crippen molar-refractivity contribution < 1.29 is 23.9 Å². The Bertz CT molecular complexity index is 1370. The first kappa shape index (κ1) is 24.7. The largest absolute Gasteiger partial charge is 0.452 e. The first-order valence-corrected chi connectivity index (χ1v) is 12.1. The van der Waals surface area contributed by atoms with Gasteiger partial charge >= 0.3 is 5.97 Å². The summed E-state index contributed by atoms with van der Waals surface area (Å²) < 4.78 is 5.12. The molecule has 8 nitrogen and oxygen atoms in total. The Morgan fingerprint density at radius 2 is 1.67 bits per heavy atom. The van der Waals surface area contributed by atoms with Crippen molar-refractivity contribution in [1.82, 2.24) is 4.90 Å². The molecule has 0 fully saturated rings. The summed E-state index contributed by atoms with van der Waals surface area (Å²) in [4.78, 5) is 52.3. The maximum absolute atomic E-state index is 12.8. The summed E-state index contributed by atoms with van der Waals surface area (Å²) in [5.74, 6) is -1.98. The van der Waals surface area contributed by atoms with Crippen LogP contribution in [0.4, 0.5) is 5.69 Å². The highest BCUT2D eigenvalue weighted by Crippen LogP contribution is 2.27. The normalized spacial score (nSPS) is 12.1. The van der Waals surface area contributed by atoms with E-state index in [1.54, 1.807) is 24.3 Å². The van der Waals surface area contributed by atoms with Crippen molar-refractivity contribution in [3.05, 3.63) is 95.1 Å². The summed E-state index contributed by atoms with van der Waals surface area (Å²) in [5, 5.41) is 11.4. The van der Waals surface area contributed by atoms with E-state index in [2.05, 4.69) is 5.32 Å². The van der Waals surface area contributed by atoms with Gasteiger partial charge in [-0.15, -0.1) is 11.8 Å². The number of hydrogen-bond donors (Lipinski definition) is 1. The Labute approximate surface area is 211 Å². The van der Waals surface area contributed by atoms with Gasteiger partial charge in [0.05, 0.1) is 34.2 Å². The zero-order chi connectivity index (χ0) is 25.5. The fraction of sp³-hybridized carbons (Fsp3) is 0.148. The van der Waals surface area contributed by atoms with Gasteiger partial charge < -0.3 is 10.1 Å². The van der Waals surface area contributed by atoms with Crippen molar-refractivity contribution in [1.29, 1.82) is 5.26 Å². The second-order valence-corrected chi connectivity index (χ2v) is 8.84. The van der Waals surface area contributed by atoms with Crippen LogP contribution in [0.1, 0.15) is 36.6 Å². The van der Waals surface area contributed by atoms with Crippen molar-refractivity contribution in [2.75, 3.05) is 24.2 Å². The molecule has 3 aromatic rings. The predicted octanol–water partition coefficient (Wildman–Crippen LogP) is 3.94. The van der Waals surface area contributed by atoms with Gasteiger partial charge in [0.1, 0.15) is 0 Å². The lowest BCUT2D eigenvalue weighted by molar-refractivity contribution is -0.119. The Hall–Kier alpha value is -4.42. The second kappa shape index (κ2) is 11.3. The molecule has 1 aliphatic heterocycles. The smallest absolute Gasteiger partial charge is 0.338 e. The van der Waals surface area contributed by atoms with Gasteiger partial charge in [0.25, 0.3) is 17.7 Å². The van der Waals surface area contributed by atoms with Crippen molar-refractivity contribution in [2.24, 2.45) is 0 Å². The number of nitriles is 1. The number of esters is 1. The number of rotatable bonds is 9. The van der Waals surface area contributed by atoms with E-state index < -0.39 is 30.3 Å². The summed E-state index contributed by atoms with van der Waals surface area (Å²) >= 11 is 1.28. The standard InChI is InChI=1S/C27H21N3O5S/c28-13-15-36-23-9-5-4-8-22(23)29-24(31)17-35-27(34)19-10-11-20-21(16-19)26(33)30(25(20)32)14-12-18-6-2-1-3-7-18/h1-11,16H,12,14-15,17H2,(H,29,31). The Balaban J connectivity index is 1.36. The minimum atomic E-state index is -0.789. The zero-order valence-electron chi connectivity index (χ0n) is 19.1. The van der Waals surface area contributed by atoms with Crippen LogP contribution in [0.25, 0.3) is 0 Å². The van der Waals surface area contributed by atoms with Crippen molar-refractivity contribution in [2.45, 2.75) is 11.3 Å². The monoisotopic (exact) mass is 499 g/mol. The first-order valence-electron chi connectivity index (χ1n) is 11.1. The van der Waals surface area contributed by atoms with E-state index in [1.807, 2.05) is 36.4 Å². The highest BCUT2D eigenvalue weighted by atomic mass is 32.2. The Morgan fingerprint density at radius 3 is 2.44 bits per heavy atom. The highest BCUT2D eigenvalue weighted by molar-refractivity contribution is 7.99. The third-order valence-electron chi connectivity index (χ3n) is 5.46. The fourth-order valence-corrected chi connectivity index (χ4v) is 4.38. The van der Waals surface area contributed by atoms with Gasteiger partial charge in [-0.1, -0.05) is 42.5 Å². The topological polar surface area (TPSA) is 117 Å². The van der Waals surface area contributed by atoms with Gasteiger partial charge in [0.2, 0.25) is 0 Å². The second-order valence-electron chi connectivity index (χ2n) is 7.83. The SMILES string of the molecule is N#CCSc1ccccc1NC(=O)COC(=O)c1ccc2c(c1)C(=O)N(CCc1ccccc1)C2=O. The average molecular weight is 500 g/mol. The van der Waals surface area contributed by atoms with E-state index in [9.17, 15) is 19.2 Å². The number of fused-ring (bicyclic) bond motifs is 1. The molecule has 0 unspecified atom stereocenters. The average Bonchev–Trinajstić information content (AvgIpc) is 3.14. The van der Waals surface area contributed by atoms with Crippen LogP contribution >= 0.6 is 11.8 Å². The van der Waals surface area contributed by atoms with Crippen LogP contribution in [0.3, 0.4) is 0 Å². The van der Waals surface area contributed by atoms with Gasteiger partial charge in [-0.25, -0.2) is 4.79 Å². The van der Waals surface area contributed by atoms with E-state index in [-0.39, 0.29) is 29.0 Å². The predicted molar refractivity (Wildman–Crippen MR) is 134 cm³/mol. The van der Waals surface area contributed by atoms with E-state index >= 15 is 0 Å². The lowest BCUT2D eigenvalue weighted by Gasteiger charge is -2.13. The summed E-state index contributed by atoms with van der Waals surface area (Å²) in [7, 11) is 0. The minimum Gasteiger partial charge on any atom is -0.452 e. The number of hydrogen-bond acceptors (Lipinski definition) is 7. The minimum absolute atomic E-state index is 0.0672. The zero-order valence-corrected chi connectivity index (χ0v) is 19.9. The number of benzene rings is 3. The molecule has 36 heavy (non-hydrogen) atoms. The number of nitrogens with one attached hydrogen (secondary N) is 1. The molecule has 180 valence electrons. The van der Waals surface area contributed by atoms with E-state index in [0.29, 0.717) is 12.1 Å². The van der Waals surface area contributed by atoms with Crippen molar-refractivity contribution in [3.63, 3.8) is 0 Å². The van der Waals surface area contributed by atoms with Gasteiger partial charge in [-0.3, -0.25) is 19.3 Å². The number of carbonyl (C=O) groups is 4. The number of para-hydroxylation sites is 1. The van der Waals surface area contributed by atoms with Crippen LogP contribution in [-0.4, -0.2) is 47.5 Å². The van der Waals surface area contributed by atoms with Crippen LogP contribution in [0.2, 0.25) is 0 Å².